The van der Waals surface area contributed by atoms with Crippen molar-refractivity contribution in [3.63, 3.8) is 0 Å². The molecule has 2 aromatic rings. The Kier molecular flexibility index (Phi) is 4.14. The molecule has 1 aromatic heterocycles. The molecule has 2 amide bonds. The zero-order valence-electron chi connectivity index (χ0n) is 11.4. The van der Waals surface area contributed by atoms with Crippen molar-refractivity contribution >= 4 is 17.5 Å². The summed E-state index contributed by atoms with van der Waals surface area (Å²) >= 11 is 0. The second-order valence-corrected chi connectivity index (χ2v) is 4.38. The van der Waals surface area contributed by atoms with Crippen molar-refractivity contribution in [1.82, 2.24) is 15.5 Å². The van der Waals surface area contributed by atoms with E-state index < -0.39 is 0 Å². The Morgan fingerprint density at radius 2 is 2.10 bits per heavy atom. The largest absolute Gasteiger partial charge is 0.348 e. The fourth-order valence-electron chi connectivity index (χ4n) is 1.78. The van der Waals surface area contributed by atoms with Crippen LogP contribution in [-0.2, 0) is 11.3 Å². The van der Waals surface area contributed by atoms with Crippen molar-refractivity contribution in [2.24, 2.45) is 0 Å². The van der Waals surface area contributed by atoms with Crippen molar-refractivity contribution in [2.75, 3.05) is 11.9 Å². The number of rotatable bonds is 4. The smallest absolute Gasteiger partial charge is 0.253 e. The average Bonchev–Trinajstić information content (AvgIpc) is 2.97. The first-order valence-corrected chi connectivity index (χ1v) is 6.18. The highest BCUT2D eigenvalue weighted by atomic mass is 16.2. The Hall–Kier alpha value is -2.63. The Morgan fingerprint density at radius 1 is 1.35 bits per heavy atom. The fraction of sp³-hybridized carbons (Fsp3) is 0.214. The number of aromatic nitrogens is 2. The lowest BCUT2D eigenvalue weighted by atomic mass is 10.1. The van der Waals surface area contributed by atoms with Gasteiger partial charge in [0.15, 0.2) is 0 Å². The van der Waals surface area contributed by atoms with Crippen LogP contribution in [-0.4, -0.2) is 29.1 Å². The van der Waals surface area contributed by atoms with Crippen molar-refractivity contribution in [2.45, 2.75) is 13.5 Å². The number of amides is 2. The van der Waals surface area contributed by atoms with E-state index in [-0.39, 0.29) is 11.8 Å². The van der Waals surface area contributed by atoms with Gasteiger partial charge in [-0.25, -0.2) is 0 Å². The van der Waals surface area contributed by atoms with E-state index in [1.807, 2.05) is 0 Å². The van der Waals surface area contributed by atoms with Crippen LogP contribution in [0.15, 0.2) is 36.7 Å². The molecule has 0 aliphatic rings. The molecule has 104 valence electrons. The molecule has 2 rings (SSSR count). The van der Waals surface area contributed by atoms with E-state index >= 15 is 0 Å². The monoisotopic (exact) mass is 272 g/mol. The molecule has 6 nitrogen and oxygen atoms in total. The molecule has 0 bridgehead atoms. The average molecular weight is 272 g/mol. The predicted molar refractivity (Wildman–Crippen MR) is 75.3 cm³/mol. The Bertz CT molecular complexity index is 607. The van der Waals surface area contributed by atoms with E-state index in [1.165, 1.54) is 11.8 Å². The lowest BCUT2D eigenvalue weighted by molar-refractivity contribution is -0.116. The molecular weight excluding hydrogens is 256 g/mol. The SMILES string of the molecule is CC(=O)N(C)c1ccccc1C(=O)NCc1cn[nH]c1. The van der Waals surface area contributed by atoms with Crippen molar-refractivity contribution < 1.29 is 9.59 Å². The quantitative estimate of drug-likeness (QED) is 0.881. The molecule has 0 atom stereocenters. The number of carbonyl (C=O) groups excluding carboxylic acids is 2. The number of hydrogen-bond acceptors (Lipinski definition) is 3. The van der Waals surface area contributed by atoms with Crippen LogP contribution in [0.4, 0.5) is 5.69 Å². The second kappa shape index (κ2) is 6.01. The topological polar surface area (TPSA) is 78.1 Å². The van der Waals surface area contributed by atoms with Crippen molar-refractivity contribution in [1.29, 1.82) is 0 Å². The Labute approximate surface area is 116 Å². The highest BCUT2D eigenvalue weighted by Crippen LogP contribution is 2.19. The number of aromatic amines is 1. The molecule has 0 saturated carbocycles. The third-order valence-electron chi connectivity index (χ3n) is 2.99. The zero-order chi connectivity index (χ0) is 14.5. The summed E-state index contributed by atoms with van der Waals surface area (Å²) in [7, 11) is 1.64. The summed E-state index contributed by atoms with van der Waals surface area (Å²) in [6, 6.07) is 7.00. The molecule has 2 N–H and O–H groups in total. The van der Waals surface area contributed by atoms with Gasteiger partial charge >= 0.3 is 0 Å². The number of para-hydroxylation sites is 1. The number of carbonyl (C=O) groups is 2. The summed E-state index contributed by atoms with van der Waals surface area (Å²) in [4.78, 5) is 25.1. The maximum absolute atomic E-state index is 12.2. The first-order chi connectivity index (χ1) is 9.59. The summed E-state index contributed by atoms with van der Waals surface area (Å²) in [5, 5.41) is 9.29. The van der Waals surface area contributed by atoms with Crippen LogP contribution in [0.2, 0.25) is 0 Å². The Morgan fingerprint density at radius 3 is 2.75 bits per heavy atom. The minimum atomic E-state index is -0.227. The minimum absolute atomic E-state index is 0.125. The van der Waals surface area contributed by atoms with E-state index in [1.54, 1.807) is 43.7 Å². The lowest BCUT2D eigenvalue weighted by Crippen LogP contribution is -2.28. The minimum Gasteiger partial charge on any atom is -0.348 e. The van der Waals surface area contributed by atoms with Gasteiger partial charge in [-0.05, 0) is 12.1 Å². The molecule has 20 heavy (non-hydrogen) atoms. The van der Waals surface area contributed by atoms with E-state index in [9.17, 15) is 9.59 Å². The molecule has 0 saturated heterocycles. The zero-order valence-corrected chi connectivity index (χ0v) is 11.4. The molecule has 1 aromatic carbocycles. The van der Waals surface area contributed by atoms with Gasteiger partial charge in [-0.15, -0.1) is 0 Å². The number of hydrogen-bond donors (Lipinski definition) is 2. The first-order valence-electron chi connectivity index (χ1n) is 6.18. The number of nitrogens with zero attached hydrogens (tertiary/aromatic N) is 2. The molecule has 0 aliphatic heterocycles. The highest BCUT2D eigenvalue weighted by Gasteiger charge is 2.15. The summed E-state index contributed by atoms with van der Waals surface area (Å²) in [5.74, 6) is -0.352. The third kappa shape index (κ3) is 3.03. The number of benzene rings is 1. The van der Waals surface area contributed by atoms with E-state index in [0.717, 1.165) is 5.56 Å². The van der Waals surface area contributed by atoms with Gasteiger partial charge < -0.3 is 10.2 Å². The maximum atomic E-state index is 12.2. The standard InChI is InChI=1S/C14H16N4O2/c1-10(19)18(2)13-6-4-3-5-12(13)14(20)15-7-11-8-16-17-9-11/h3-6,8-9H,7H2,1-2H3,(H,15,20)(H,16,17). The first kappa shape index (κ1) is 13.8. The predicted octanol–water partition coefficient (Wildman–Crippen LogP) is 1.32. The molecule has 0 aliphatic carbocycles. The maximum Gasteiger partial charge on any atom is 0.253 e. The molecule has 0 spiro atoms. The van der Waals surface area contributed by atoms with Gasteiger partial charge in [-0.3, -0.25) is 14.7 Å². The second-order valence-electron chi connectivity index (χ2n) is 4.38. The third-order valence-corrected chi connectivity index (χ3v) is 2.99. The summed E-state index contributed by atoms with van der Waals surface area (Å²) in [6.45, 7) is 1.84. The van der Waals surface area contributed by atoms with Crippen molar-refractivity contribution in [3.05, 3.63) is 47.8 Å². The van der Waals surface area contributed by atoms with E-state index in [4.69, 9.17) is 0 Å². The van der Waals surface area contributed by atoms with Crippen LogP contribution in [0.3, 0.4) is 0 Å². The summed E-state index contributed by atoms with van der Waals surface area (Å²) in [6.07, 6.45) is 3.36. The van der Waals surface area contributed by atoms with Crippen molar-refractivity contribution in [3.8, 4) is 0 Å². The van der Waals surface area contributed by atoms with Gasteiger partial charge in [0.25, 0.3) is 5.91 Å². The normalized spacial score (nSPS) is 10.1. The number of nitrogens with one attached hydrogen (secondary N) is 2. The summed E-state index contributed by atoms with van der Waals surface area (Å²) in [5.41, 5.74) is 1.94. The summed E-state index contributed by atoms with van der Waals surface area (Å²) < 4.78 is 0. The van der Waals surface area contributed by atoms with E-state index in [0.29, 0.717) is 17.8 Å². The molecule has 6 heteroatoms. The van der Waals surface area contributed by atoms with Gasteiger partial charge in [0.2, 0.25) is 5.91 Å². The van der Waals surface area contributed by atoms with Crippen LogP contribution in [0.5, 0.6) is 0 Å². The highest BCUT2D eigenvalue weighted by molar-refractivity contribution is 6.04. The van der Waals surface area contributed by atoms with Gasteiger partial charge in [0.1, 0.15) is 0 Å². The van der Waals surface area contributed by atoms with Gasteiger partial charge in [-0.1, -0.05) is 12.1 Å². The van der Waals surface area contributed by atoms with E-state index in [2.05, 4.69) is 15.5 Å². The van der Waals surface area contributed by atoms with Gasteiger partial charge in [-0.2, -0.15) is 5.10 Å². The molecule has 0 radical (unpaired) electrons. The molecular formula is C14H16N4O2. The fourth-order valence-corrected chi connectivity index (χ4v) is 1.78. The van der Waals surface area contributed by atoms with Crippen LogP contribution < -0.4 is 10.2 Å². The molecule has 0 unspecified atom stereocenters. The van der Waals surface area contributed by atoms with Gasteiger partial charge in [0, 0.05) is 32.3 Å². The van der Waals surface area contributed by atoms with Crippen LogP contribution in [0.1, 0.15) is 22.8 Å². The number of anilines is 1. The number of H-pyrrole nitrogens is 1. The molecule has 0 fully saturated rings. The van der Waals surface area contributed by atoms with Crippen LogP contribution >= 0.6 is 0 Å². The van der Waals surface area contributed by atoms with Crippen LogP contribution in [0.25, 0.3) is 0 Å². The lowest BCUT2D eigenvalue weighted by Gasteiger charge is -2.18. The van der Waals surface area contributed by atoms with Gasteiger partial charge in [0.05, 0.1) is 17.4 Å². The Balaban J connectivity index is 2.15. The molecule has 1 heterocycles. The van der Waals surface area contributed by atoms with Crippen LogP contribution in [0, 0.1) is 0 Å².